The first kappa shape index (κ1) is 13.9. The average Bonchev–Trinajstić information content (AvgIpc) is 2.87. The Balaban J connectivity index is 1.36. The number of hydrogen-bond acceptors (Lipinski definition) is 6. The van der Waals surface area contributed by atoms with Gasteiger partial charge in [-0.05, 0) is 38.1 Å². The molecule has 0 saturated carbocycles. The Morgan fingerprint density at radius 3 is 2.87 bits per heavy atom. The number of nitrogens with zero attached hydrogens (tertiary/aromatic N) is 6. The zero-order chi connectivity index (χ0) is 15.8. The van der Waals surface area contributed by atoms with E-state index in [0.717, 1.165) is 48.3 Å². The Hall–Kier alpha value is -2.70. The zero-order valence-corrected chi connectivity index (χ0v) is 13.3. The summed E-state index contributed by atoms with van der Waals surface area (Å²) in [6, 6.07) is 8.06. The van der Waals surface area contributed by atoms with E-state index in [-0.39, 0.29) is 0 Å². The van der Waals surface area contributed by atoms with Crippen LogP contribution >= 0.6 is 0 Å². The molecule has 0 aromatic carbocycles. The van der Waals surface area contributed by atoms with Crippen LogP contribution in [0.5, 0.6) is 0 Å². The summed E-state index contributed by atoms with van der Waals surface area (Å²) in [6.45, 7) is 6.91. The van der Waals surface area contributed by atoms with E-state index in [2.05, 4.69) is 36.6 Å². The number of aromatic nitrogens is 5. The number of hydrogen-bond donors (Lipinski definition) is 1. The third kappa shape index (κ3) is 2.69. The van der Waals surface area contributed by atoms with Crippen molar-refractivity contribution < 1.29 is 0 Å². The van der Waals surface area contributed by atoms with Gasteiger partial charge in [-0.3, -0.25) is 4.98 Å². The van der Waals surface area contributed by atoms with Crippen LogP contribution in [0.2, 0.25) is 0 Å². The smallest absolute Gasteiger partial charge is 0.178 e. The van der Waals surface area contributed by atoms with Crippen LogP contribution in [0.3, 0.4) is 0 Å². The Kier molecular flexibility index (Phi) is 3.33. The Labute approximate surface area is 134 Å². The van der Waals surface area contributed by atoms with Gasteiger partial charge in [0, 0.05) is 43.1 Å². The van der Waals surface area contributed by atoms with E-state index in [4.69, 9.17) is 0 Å². The van der Waals surface area contributed by atoms with E-state index in [1.807, 2.05) is 38.2 Å². The minimum absolute atomic E-state index is 0.628. The molecule has 4 heterocycles. The van der Waals surface area contributed by atoms with Crippen LogP contribution in [-0.4, -0.2) is 44.4 Å². The molecule has 0 spiro atoms. The van der Waals surface area contributed by atoms with Crippen LogP contribution in [0.15, 0.2) is 30.5 Å². The summed E-state index contributed by atoms with van der Waals surface area (Å²) in [7, 11) is 0. The molecule has 7 heteroatoms. The molecule has 1 N–H and O–H groups in total. The van der Waals surface area contributed by atoms with Crippen LogP contribution in [-0.2, 0) is 0 Å². The molecule has 1 saturated heterocycles. The Morgan fingerprint density at radius 2 is 2.04 bits per heavy atom. The molecule has 0 bridgehead atoms. The fraction of sp³-hybridized carbons (Fsp3) is 0.375. The van der Waals surface area contributed by atoms with E-state index < -0.39 is 0 Å². The van der Waals surface area contributed by atoms with Crippen molar-refractivity contribution in [2.45, 2.75) is 13.8 Å². The first-order chi connectivity index (χ1) is 11.2. The van der Waals surface area contributed by atoms with Gasteiger partial charge in [0.2, 0.25) is 0 Å². The average molecular weight is 309 g/mol. The van der Waals surface area contributed by atoms with Gasteiger partial charge in [-0.1, -0.05) is 0 Å². The minimum atomic E-state index is 0.628. The van der Waals surface area contributed by atoms with Gasteiger partial charge in [-0.15, -0.1) is 15.3 Å². The third-order valence-corrected chi connectivity index (χ3v) is 4.18. The first-order valence-corrected chi connectivity index (χ1v) is 7.79. The summed E-state index contributed by atoms with van der Waals surface area (Å²) < 4.78 is 1.79. The summed E-state index contributed by atoms with van der Waals surface area (Å²) in [5.41, 5.74) is 2.96. The van der Waals surface area contributed by atoms with Crippen molar-refractivity contribution >= 4 is 17.2 Å². The predicted molar refractivity (Wildman–Crippen MR) is 88.7 cm³/mol. The molecule has 7 nitrogen and oxygen atoms in total. The second-order valence-corrected chi connectivity index (χ2v) is 6.05. The highest BCUT2D eigenvalue weighted by molar-refractivity contribution is 5.48. The van der Waals surface area contributed by atoms with Gasteiger partial charge in [0.05, 0.1) is 0 Å². The number of nitrogens with one attached hydrogen (secondary N) is 1. The number of pyridine rings is 1. The number of rotatable bonds is 4. The molecule has 1 fully saturated rings. The van der Waals surface area contributed by atoms with Crippen molar-refractivity contribution in [3.05, 3.63) is 42.0 Å². The highest BCUT2D eigenvalue weighted by Crippen LogP contribution is 2.23. The van der Waals surface area contributed by atoms with Crippen molar-refractivity contribution in [1.82, 2.24) is 24.8 Å². The topological polar surface area (TPSA) is 71.2 Å². The lowest BCUT2D eigenvalue weighted by Gasteiger charge is -2.40. The SMILES string of the molecule is Cc1cc(NCC2CN(c3ccc4nnc(C)n4n3)C2)ccn1. The molecular formula is C16H19N7. The van der Waals surface area contributed by atoms with Gasteiger partial charge < -0.3 is 10.2 Å². The molecule has 1 aliphatic rings. The molecule has 3 aromatic heterocycles. The van der Waals surface area contributed by atoms with Gasteiger partial charge >= 0.3 is 0 Å². The van der Waals surface area contributed by atoms with E-state index in [0.29, 0.717) is 5.92 Å². The second-order valence-electron chi connectivity index (χ2n) is 6.05. The summed E-state index contributed by atoms with van der Waals surface area (Å²) in [5.74, 6) is 2.42. The van der Waals surface area contributed by atoms with Gasteiger partial charge in [0.25, 0.3) is 0 Å². The molecular weight excluding hydrogens is 290 g/mol. The largest absolute Gasteiger partial charge is 0.385 e. The second kappa shape index (κ2) is 5.49. The lowest BCUT2D eigenvalue weighted by atomic mass is 10.00. The maximum atomic E-state index is 4.61. The van der Waals surface area contributed by atoms with E-state index in [9.17, 15) is 0 Å². The fourth-order valence-electron chi connectivity index (χ4n) is 2.86. The molecule has 4 rings (SSSR count). The van der Waals surface area contributed by atoms with Gasteiger partial charge in [0.15, 0.2) is 11.5 Å². The Morgan fingerprint density at radius 1 is 1.17 bits per heavy atom. The fourth-order valence-corrected chi connectivity index (χ4v) is 2.86. The molecule has 1 aliphatic heterocycles. The summed E-state index contributed by atoms with van der Waals surface area (Å²) >= 11 is 0. The highest BCUT2D eigenvalue weighted by atomic mass is 15.4. The maximum Gasteiger partial charge on any atom is 0.178 e. The molecule has 0 aliphatic carbocycles. The quantitative estimate of drug-likeness (QED) is 0.791. The van der Waals surface area contributed by atoms with Gasteiger partial charge in [-0.25, -0.2) is 0 Å². The van der Waals surface area contributed by atoms with Crippen molar-refractivity contribution in [3.8, 4) is 0 Å². The monoisotopic (exact) mass is 309 g/mol. The molecule has 0 amide bonds. The predicted octanol–water partition coefficient (Wildman–Crippen LogP) is 1.68. The van der Waals surface area contributed by atoms with E-state index >= 15 is 0 Å². The number of fused-ring (bicyclic) bond motifs is 1. The van der Waals surface area contributed by atoms with Gasteiger partial charge in [0.1, 0.15) is 5.82 Å². The molecule has 118 valence electrons. The molecule has 0 radical (unpaired) electrons. The Bertz CT molecular complexity index is 835. The lowest BCUT2D eigenvalue weighted by Crippen LogP contribution is -2.50. The van der Waals surface area contributed by atoms with Crippen molar-refractivity contribution in [2.24, 2.45) is 5.92 Å². The van der Waals surface area contributed by atoms with Crippen LogP contribution < -0.4 is 10.2 Å². The summed E-state index contributed by atoms with van der Waals surface area (Å²) in [4.78, 5) is 6.49. The van der Waals surface area contributed by atoms with Crippen LogP contribution in [0.4, 0.5) is 11.5 Å². The third-order valence-electron chi connectivity index (χ3n) is 4.18. The highest BCUT2D eigenvalue weighted by Gasteiger charge is 2.28. The molecule has 23 heavy (non-hydrogen) atoms. The van der Waals surface area contributed by atoms with Crippen LogP contribution in [0.1, 0.15) is 11.5 Å². The minimum Gasteiger partial charge on any atom is -0.385 e. The van der Waals surface area contributed by atoms with Crippen molar-refractivity contribution in [1.29, 1.82) is 0 Å². The van der Waals surface area contributed by atoms with Crippen molar-refractivity contribution in [2.75, 3.05) is 29.9 Å². The van der Waals surface area contributed by atoms with E-state index in [1.54, 1.807) is 4.52 Å². The summed E-state index contributed by atoms with van der Waals surface area (Å²) in [6.07, 6.45) is 1.84. The van der Waals surface area contributed by atoms with Crippen LogP contribution in [0.25, 0.3) is 5.65 Å². The molecule has 0 atom stereocenters. The molecule has 3 aromatic rings. The zero-order valence-electron chi connectivity index (χ0n) is 13.3. The standard InChI is InChI=1S/C16H19N7/c1-11-7-14(5-6-17-11)18-8-13-9-22(10-13)16-4-3-15-20-19-12(2)23(15)21-16/h3-7,13H,8-10H2,1-2H3,(H,17,18). The number of aryl methyl sites for hydroxylation is 2. The van der Waals surface area contributed by atoms with E-state index in [1.165, 1.54) is 0 Å². The maximum absolute atomic E-state index is 4.61. The lowest BCUT2D eigenvalue weighted by molar-refractivity contribution is 0.425. The van der Waals surface area contributed by atoms with Crippen LogP contribution in [0, 0.1) is 19.8 Å². The molecule has 0 unspecified atom stereocenters. The normalized spacial score (nSPS) is 15.0. The first-order valence-electron chi connectivity index (χ1n) is 7.79. The number of anilines is 2. The van der Waals surface area contributed by atoms with Crippen molar-refractivity contribution in [3.63, 3.8) is 0 Å². The van der Waals surface area contributed by atoms with Gasteiger partial charge in [-0.2, -0.15) is 4.52 Å². The summed E-state index contributed by atoms with van der Waals surface area (Å²) in [5, 5.41) is 16.2.